The first kappa shape index (κ1) is 30.2. The van der Waals surface area contributed by atoms with E-state index in [-0.39, 0.29) is 28.7 Å². The molecule has 1 saturated carbocycles. The lowest BCUT2D eigenvalue weighted by atomic mass is 9.89. The first-order valence-corrected chi connectivity index (χ1v) is 16.0. The second-order valence-electron chi connectivity index (χ2n) is 11.2. The molecule has 1 aliphatic rings. The molecule has 5 rings (SSSR count). The molecule has 1 atom stereocenters. The maximum Gasteiger partial charge on any atom is 0.250 e. The van der Waals surface area contributed by atoms with Crippen LogP contribution in [0.4, 0.5) is 11.5 Å². The molecule has 3 aromatic carbocycles. The number of benzene rings is 3. The number of nitrogens with two attached hydrogens (primary N) is 1. The lowest BCUT2D eigenvalue weighted by Gasteiger charge is -2.32. The number of sulfone groups is 1. The number of carbonyl (C=O) groups excluding carboxylic acids is 1. The van der Waals surface area contributed by atoms with E-state index in [4.69, 9.17) is 15.2 Å². The van der Waals surface area contributed by atoms with E-state index in [0.717, 1.165) is 10.8 Å². The largest absolute Gasteiger partial charge is 0.490 e. The molecule has 1 fully saturated rings. The van der Waals surface area contributed by atoms with Gasteiger partial charge in [0.2, 0.25) is 5.91 Å². The van der Waals surface area contributed by atoms with Crippen LogP contribution in [0.5, 0.6) is 11.5 Å². The molecular formula is C33H38N4O5S. The van der Waals surface area contributed by atoms with E-state index in [1.54, 1.807) is 43.5 Å². The summed E-state index contributed by atoms with van der Waals surface area (Å²) in [4.78, 5) is 18.6. The monoisotopic (exact) mass is 602 g/mol. The van der Waals surface area contributed by atoms with Crippen LogP contribution < -0.4 is 25.8 Å². The van der Waals surface area contributed by atoms with Crippen molar-refractivity contribution >= 4 is 38.0 Å². The molecular weight excluding hydrogens is 564 g/mol. The molecule has 1 aromatic heterocycles. The second-order valence-corrected chi connectivity index (χ2v) is 13.4. The van der Waals surface area contributed by atoms with E-state index in [1.807, 2.05) is 57.2 Å². The molecule has 4 N–H and O–H groups in total. The summed E-state index contributed by atoms with van der Waals surface area (Å²) >= 11 is 0. The second kappa shape index (κ2) is 12.1. The highest BCUT2D eigenvalue weighted by atomic mass is 32.2. The highest BCUT2D eigenvalue weighted by molar-refractivity contribution is 7.92. The number of amides is 1. The Balaban J connectivity index is 1.52. The maximum atomic E-state index is 14.2. The van der Waals surface area contributed by atoms with E-state index >= 15 is 0 Å². The number of ether oxygens (including phenoxy) is 2. The fraction of sp³-hybridized carbons (Fsp3) is 0.333. The summed E-state index contributed by atoms with van der Waals surface area (Å²) in [6.45, 7) is 8.01. The number of carbonyl (C=O) groups is 1. The molecule has 0 bridgehead atoms. The van der Waals surface area contributed by atoms with Crippen LogP contribution in [-0.4, -0.2) is 37.3 Å². The fourth-order valence-electron chi connectivity index (χ4n) is 5.10. The summed E-state index contributed by atoms with van der Waals surface area (Å²) < 4.78 is 38.1. The van der Waals surface area contributed by atoms with Gasteiger partial charge in [0.1, 0.15) is 11.4 Å². The average molecular weight is 603 g/mol. The van der Waals surface area contributed by atoms with Crippen molar-refractivity contribution in [3.05, 3.63) is 84.1 Å². The average Bonchev–Trinajstić information content (AvgIpc) is 3.83. The number of fused-ring (bicyclic) bond motifs is 1. The minimum Gasteiger partial charge on any atom is -0.490 e. The zero-order valence-electron chi connectivity index (χ0n) is 24.9. The minimum atomic E-state index is -3.44. The molecule has 226 valence electrons. The van der Waals surface area contributed by atoms with E-state index in [0.29, 0.717) is 53.6 Å². The van der Waals surface area contributed by atoms with Crippen LogP contribution in [0.1, 0.15) is 51.7 Å². The smallest absolute Gasteiger partial charge is 0.250 e. The number of aromatic nitrogens is 1. The molecule has 0 aliphatic heterocycles. The molecule has 9 nitrogen and oxygen atoms in total. The van der Waals surface area contributed by atoms with Gasteiger partial charge in [-0.25, -0.2) is 13.4 Å². The van der Waals surface area contributed by atoms with Crippen molar-refractivity contribution in [3.8, 4) is 11.5 Å². The standard InChI is InChI=1S/C33H38N4O5S/c1-5-41-29-19-24(10-15-28(29)42-21(2)3)33(4,37-25-11-14-27-22(18-25)16-17-35-31(27)34)32(38)36-20-23-8-6-7-9-30(23)43(39,40)26-12-13-26/h6-11,14-19,21,26,37H,5,12-13,20H2,1-4H3,(H2,34,35)(H,36,38). The van der Waals surface area contributed by atoms with Gasteiger partial charge in [-0.15, -0.1) is 0 Å². The van der Waals surface area contributed by atoms with Crippen LogP contribution >= 0.6 is 0 Å². The first-order chi connectivity index (χ1) is 20.5. The van der Waals surface area contributed by atoms with Gasteiger partial charge >= 0.3 is 0 Å². The summed E-state index contributed by atoms with van der Waals surface area (Å²) in [5.41, 5.74) is 6.64. The quantitative estimate of drug-likeness (QED) is 0.191. The lowest BCUT2D eigenvalue weighted by molar-refractivity contribution is -0.125. The predicted molar refractivity (Wildman–Crippen MR) is 169 cm³/mol. The van der Waals surface area contributed by atoms with Crippen LogP contribution in [0.25, 0.3) is 10.8 Å². The Morgan fingerprint density at radius 1 is 1.07 bits per heavy atom. The normalized spacial score (nSPS) is 14.7. The number of pyridine rings is 1. The highest BCUT2D eigenvalue weighted by Crippen LogP contribution is 2.37. The summed E-state index contributed by atoms with van der Waals surface area (Å²) in [6, 6.07) is 19.8. The van der Waals surface area contributed by atoms with Gasteiger partial charge in [-0.2, -0.15) is 0 Å². The Bertz CT molecular complexity index is 1750. The van der Waals surface area contributed by atoms with Crippen LogP contribution in [0.2, 0.25) is 0 Å². The van der Waals surface area contributed by atoms with Gasteiger partial charge in [0, 0.05) is 23.8 Å². The minimum absolute atomic E-state index is 0.0466. The predicted octanol–water partition coefficient (Wildman–Crippen LogP) is 5.58. The molecule has 1 amide bonds. The van der Waals surface area contributed by atoms with Crippen LogP contribution in [0.3, 0.4) is 0 Å². The van der Waals surface area contributed by atoms with Gasteiger partial charge in [-0.1, -0.05) is 24.3 Å². The van der Waals surface area contributed by atoms with Crippen molar-refractivity contribution in [2.24, 2.45) is 0 Å². The summed E-state index contributed by atoms with van der Waals surface area (Å²) in [5, 5.41) is 7.77. The number of rotatable bonds is 12. The van der Waals surface area contributed by atoms with Crippen molar-refractivity contribution in [2.45, 2.75) is 68.9 Å². The van der Waals surface area contributed by atoms with Crippen molar-refractivity contribution in [2.75, 3.05) is 17.7 Å². The molecule has 0 radical (unpaired) electrons. The SMILES string of the molecule is CCOc1cc(C(C)(Nc2ccc3c(N)nccc3c2)C(=O)NCc2ccccc2S(=O)(=O)C2CC2)ccc1OC(C)C. The molecule has 1 aliphatic carbocycles. The van der Waals surface area contributed by atoms with Crippen molar-refractivity contribution in [1.29, 1.82) is 0 Å². The molecule has 1 heterocycles. The maximum absolute atomic E-state index is 14.2. The third-order valence-corrected chi connectivity index (χ3v) is 9.87. The molecule has 4 aromatic rings. The zero-order chi connectivity index (χ0) is 30.8. The molecule has 1 unspecified atom stereocenters. The number of nitrogens with zero attached hydrogens (tertiary/aromatic N) is 1. The van der Waals surface area contributed by atoms with Gasteiger partial charge in [0.15, 0.2) is 21.3 Å². The Morgan fingerprint density at radius 2 is 1.84 bits per heavy atom. The van der Waals surface area contributed by atoms with Gasteiger partial charge in [-0.3, -0.25) is 4.79 Å². The number of hydrogen-bond donors (Lipinski definition) is 3. The third kappa shape index (κ3) is 6.39. The van der Waals surface area contributed by atoms with Crippen LogP contribution in [0.15, 0.2) is 77.8 Å². The molecule has 0 saturated heterocycles. The molecule has 10 heteroatoms. The van der Waals surface area contributed by atoms with Crippen molar-refractivity contribution in [1.82, 2.24) is 10.3 Å². The number of nitrogens with one attached hydrogen (secondary N) is 2. The first-order valence-electron chi connectivity index (χ1n) is 14.5. The van der Waals surface area contributed by atoms with Gasteiger partial charge < -0.3 is 25.8 Å². The Hall–Kier alpha value is -4.31. The summed E-state index contributed by atoms with van der Waals surface area (Å²) in [7, 11) is -3.44. The van der Waals surface area contributed by atoms with Crippen LogP contribution in [0, 0.1) is 0 Å². The number of anilines is 2. The van der Waals surface area contributed by atoms with E-state index < -0.39 is 15.4 Å². The van der Waals surface area contributed by atoms with E-state index in [1.165, 1.54) is 0 Å². The van der Waals surface area contributed by atoms with Crippen molar-refractivity contribution in [3.63, 3.8) is 0 Å². The molecule has 43 heavy (non-hydrogen) atoms. The van der Waals surface area contributed by atoms with Gasteiger partial charge in [0.25, 0.3) is 0 Å². The lowest BCUT2D eigenvalue weighted by Crippen LogP contribution is -2.47. The van der Waals surface area contributed by atoms with E-state index in [9.17, 15) is 13.2 Å². The van der Waals surface area contributed by atoms with Crippen LogP contribution in [-0.2, 0) is 26.7 Å². The Kier molecular flexibility index (Phi) is 8.50. The summed E-state index contributed by atoms with van der Waals surface area (Å²) in [6.07, 6.45) is 2.90. The summed E-state index contributed by atoms with van der Waals surface area (Å²) in [5.74, 6) is 1.18. The Labute approximate surface area is 252 Å². The van der Waals surface area contributed by atoms with E-state index in [2.05, 4.69) is 15.6 Å². The third-order valence-electron chi connectivity index (χ3n) is 7.51. The highest BCUT2D eigenvalue weighted by Gasteiger charge is 2.39. The topological polar surface area (TPSA) is 133 Å². The zero-order valence-corrected chi connectivity index (χ0v) is 25.7. The van der Waals surface area contributed by atoms with Gasteiger partial charge in [-0.05, 0) is 99.5 Å². The number of nitrogen functional groups attached to an aromatic ring is 1. The van der Waals surface area contributed by atoms with Gasteiger partial charge in [0.05, 0.1) is 22.9 Å². The fourth-order valence-corrected chi connectivity index (χ4v) is 6.99. The molecule has 0 spiro atoms. The Morgan fingerprint density at radius 3 is 2.56 bits per heavy atom. The number of hydrogen-bond acceptors (Lipinski definition) is 8. The van der Waals surface area contributed by atoms with Crippen molar-refractivity contribution < 1.29 is 22.7 Å².